The summed E-state index contributed by atoms with van der Waals surface area (Å²) in [6.07, 6.45) is 5.85. The Bertz CT molecular complexity index is 888. The number of carbonyl (C=O) groups is 2. The zero-order chi connectivity index (χ0) is 22.9. The summed E-state index contributed by atoms with van der Waals surface area (Å²) >= 11 is 0. The fourth-order valence-electron chi connectivity index (χ4n) is 4.31. The summed E-state index contributed by atoms with van der Waals surface area (Å²) in [5.41, 5.74) is 3.37. The molecule has 1 atom stereocenters. The lowest BCUT2D eigenvalue weighted by atomic mass is 10.1. The van der Waals surface area contributed by atoms with Gasteiger partial charge < -0.3 is 15.0 Å². The van der Waals surface area contributed by atoms with E-state index in [0.29, 0.717) is 18.7 Å². The zero-order valence-corrected chi connectivity index (χ0v) is 19.6. The Kier molecular flexibility index (Phi) is 8.72. The molecule has 0 radical (unpaired) electrons. The van der Waals surface area contributed by atoms with Crippen LogP contribution in [0.25, 0.3) is 0 Å². The quantitative estimate of drug-likeness (QED) is 0.582. The maximum Gasteiger partial charge on any atom is 0.261 e. The lowest BCUT2D eigenvalue weighted by Crippen LogP contribution is -2.52. The maximum atomic E-state index is 13.3. The summed E-state index contributed by atoms with van der Waals surface area (Å²) in [5.74, 6) is 0.421. The maximum absolute atomic E-state index is 13.3. The van der Waals surface area contributed by atoms with E-state index in [1.807, 2.05) is 62.4 Å². The normalized spacial score (nSPS) is 14.7. The molecule has 1 fully saturated rings. The van der Waals surface area contributed by atoms with Crippen molar-refractivity contribution in [2.24, 2.45) is 0 Å². The molecule has 0 saturated heterocycles. The first-order valence-electron chi connectivity index (χ1n) is 11.9. The Morgan fingerprint density at radius 2 is 1.75 bits per heavy atom. The summed E-state index contributed by atoms with van der Waals surface area (Å²) < 4.78 is 5.80. The second kappa shape index (κ2) is 11.7. The van der Waals surface area contributed by atoms with Crippen molar-refractivity contribution in [2.45, 2.75) is 77.9 Å². The van der Waals surface area contributed by atoms with Gasteiger partial charge in [0.25, 0.3) is 5.91 Å². The molecule has 0 heterocycles. The predicted octanol–water partition coefficient (Wildman–Crippen LogP) is 4.80. The molecule has 3 rings (SSSR count). The monoisotopic (exact) mass is 436 g/mol. The van der Waals surface area contributed by atoms with Gasteiger partial charge in [-0.1, -0.05) is 63.1 Å². The average molecular weight is 437 g/mol. The summed E-state index contributed by atoms with van der Waals surface area (Å²) in [6, 6.07) is 15.5. The van der Waals surface area contributed by atoms with Crippen molar-refractivity contribution in [1.82, 2.24) is 10.2 Å². The largest absolute Gasteiger partial charge is 0.484 e. The molecular formula is C27H36N2O3. The van der Waals surface area contributed by atoms with Gasteiger partial charge in [0.2, 0.25) is 5.91 Å². The van der Waals surface area contributed by atoms with E-state index in [1.165, 1.54) is 5.56 Å². The van der Waals surface area contributed by atoms with Crippen LogP contribution in [-0.4, -0.2) is 35.4 Å². The highest BCUT2D eigenvalue weighted by molar-refractivity contribution is 5.88. The first-order chi connectivity index (χ1) is 15.5. The van der Waals surface area contributed by atoms with Crippen molar-refractivity contribution >= 4 is 11.8 Å². The molecule has 172 valence electrons. The van der Waals surface area contributed by atoms with Gasteiger partial charge in [0.15, 0.2) is 6.61 Å². The van der Waals surface area contributed by atoms with E-state index < -0.39 is 6.04 Å². The molecule has 2 amide bonds. The van der Waals surface area contributed by atoms with Gasteiger partial charge in [0, 0.05) is 12.6 Å². The summed E-state index contributed by atoms with van der Waals surface area (Å²) in [7, 11) is 0. The molecule has 5 nitrogen and oxygen atoms in total. The molecule has 5 heteroatoms. The van der Waals surface area contributed by atoms with Crippen LogP contribution in [0, 0.1) is 6.92 Å². The Labute approximate surface area is 192 Å². The zero-order valence-electron chi connectivity index (χ0n) is 19.6. The minimum Gasteiger partial charge on any atom is -0.484 e. The Morgan fingerprint density at radius 3 is 2.38 bits per heavy atom. The van der Waals surface area contributed by atoms with E-state index in [-0.39, 0.29) is 24.5 Å². The van der Waals surface area contributed by atoms with E-state index >= 15 is 0 Å². The van der Waals surface area contributed by atoms with Gasteiger partial charge in [-0.15, -0.1) is 0 Å². The summed E-state index contributed by atoms with van der Waals surface area (Å²) in [4.78, 5) is 28.2. The molecule has 0 aromatic heterocycles. The first kappa shape index (κ1) is 23.8. The van der Waals surface area contributed by atoms with Crippen LogP contribution in [0.15, 0.2) is 48.5 Å². The standard InChI is InChI=1S/C27H36N2O3/c1-4-21-14-16-24(17-15-21)32-19-26(30)29(18-22-11-7-6-10-20(22)3)25(5-2)27(31)28-23-12-8-9-13-23/h6-7,10-11,14-17,23,25H,4-5,8-9,12-13,18-19H2,1-3H3,(H,28,31). The van der Waals surface area contributed by atoms with Gasteiger partial charge >= 0.3 is 0 Å². The number of hydrogen-bond donors (Lipinski definition) is 1. The first-order valence-corrected chi connectivity index (χ1v) is 11.9. The Balaban J connectivity index is 1.75. The van der Waals surface area contributed by atoms with Crippen LogP contribution in [0.2, 0.25) is 0 Å². The van der Waals surface area contributed by atoms with Gasteiger partial charge in [0.05, 0.1) is 0 Å². The van der Waals surface area contributed by atoms with Crippen LogP contribution >= 0.6 is 0 Å². The molecule has 2 aromatic rings. The number of benzene rings is 2. The molecule has 1 unspecified atom stereocenters. The fourth-order valence-corrected chi connectivity index (χ4v) is 4.31. The van der Waals surface area contributed by atoms with Crippen molar-refractivity contribution in [3.8, 4) is 5.75 Å². The van der Waals surface area contributed by atoms with Gasteiger partial charge in [-0.3, -0.25) is 9.59 Å². The minimum absolute atomic E-state index is 0.0615. The number of hydrogen-bond acceptors (Lipinski definition) is 3. The number of nitrogens with zero attached hydrogens (tertiary/aromatic N) is 1. The van der Waals surface area contributed by atoms with E-state index in [1.54, 1.807) is 4.90 Å². The molecule has 2 aromatic carbocycles. The van der Waals surface area contributed by atoms with Gasteiger partial charge in [-0.25, -0.2) is 0 Å². The van der Waals surface area contributed by atoms with Crippen molar-refractivity contribution in [3.05, 3.63) is 65.2 Å². The summed E-state index contributed by atoms with van der Waals surface area (Å²) in [6.45, 7) is 6.39. The third-order valence-electron chi connectivity index (χ3n) is 6.38. The van der Waals surface area contributed by atoms with Crippen molar-refractivity contribution in [2.75, 3.05) is 6.61 Å². The van der Waals surface area contributed by atoms with Gasteiger partial charge in [-0.2, -0.15) is 0 Å². The number of carbonyl (C=O) groups excluding carboxylic acids is 2. The Morgan fingerprint density at radius 1 is 1.06 bits per heavy atom. The predicted molar refractivity (Wildman–Crippen MR) is 128 cm³/mol. The smallest absolute Gasteiger partial charge is 0.261 e. The van der Waals surface area contributed by atoms with Gasteiger partial charge in [-0.05, 0) is 61.4 Å². The summed E-state index contributed by atoms with van der Waals surface area (Å²) in [5, 5.41) is 3.18. The Hall–Kier alpha value is -2.82. The van der Waals surface area contributed by atoms with Crippen molar-refractivity contribution in [1.29, 1.82) is 0 Å². The van der Waals surface area contributed by atoms with E-state index in [0.717, 1.165) is 43.2 Å². The molecule has 1 saturated carbocycles. The van der Waals surface area contributed by atoms with Crippen LogP contribution in [0.3, 0.4) is 0 Å². The molecular weight excluding hydrogens is 400 g/mol. The number of aryl methyl sites for hydroxylation is 2. The highest BCUT2D eigenvalue weighted by Crippen LogP contribution is 2.20. The lowest BCUT2D eigenvalue weighted by molar-refractivity contribution is -0.143. The third-order valence-corrected chi connectivity index (χ3v) is 6.38. The molecule has 1 N–H and O–H groups in total. The lowest BCUT2D eigenvalue weighted by Gasteiger charge is -2.32. The third kappa shape index (κ3) is 6.35. The second-order valence-corrected chi connectivity index (χ2v) is 8.65. The number of nitrogens with one attached hydrogen (secondary N) is 1. The highest BCUT2D eigenvalue weighted by Gasteiger charge is 2.31. The fraction of sp³-hybridized carbons (Fsp3) is 0.481. The number of amides is 2. The topological polar surface area (TPSA) is 58.6 Å². The van der Waals surface area contributed by atoms with E-state index in [2.05, 4.69) is 12.2 Å². The molecule has 0 aliphatic heterocycles. The van der Waals surface area contributed by atoms with E-state index in [4.69, 9.17) is 4.74 Å². The van der Waals surface area contributed by atoms with Crippen LogP contribution < -0.4 is 10.1 Å². The molecule has 1 aliphatic carbocycles. The molecule has 0 bridgehead atoms. The number of rotatable bonds is 10. The molecule has 0 spiro atoms. The number of ether oxygens (including phenoxy) is 1. The SMILES string of the molecule is CCc1ccc(OCC(=O)N(Cc2ccccc2C)C(CC)C(=O)NC2CCCC2)cc1. The molecule has 32 heavy (non-hydrogen) atoms. The van der Waals surface area contributed by atoms with Crippen LogP contribution in [0.5, 0.6) is 5.75 Å². The van der Waals surface area contributed by atoms with Crippen LogP contribution in [0.4, 0.5) is 0 Å². The van der Waals surface area contributed by atoms with Crippen molar-refractivity contribution in [3.63, 3.8) is 0 Å². The van der Waals surface area contributed by atoms with E-state index in [9.17, 15) is 9.59 Å². The van der Waals surface area contributed by atoms with Crippen LogP contribution in [-0.2, 0) is 22.6 Å². The highest BCUT2D eigenvalue weighted by atomic mass is 16.5. The van der Waals surface area contributed by atoms with Crippen LogP contribution in [0.1, 0.15) is 62.6 Å². The average Bonchev–Trinajstić information content (AvgIpc) is 3.32. The van der Waals surface area contributed by atoms with Crippen molar-refractivity contribution < 1.29 is 14.3 Å². The minimum atomic E-state index is -0.520. The van der Waals surface area contributed by atoms with Gasteiger partial charge in [0.1, 0.15) is 11.8 Å². The second-order valence-electron chi connectivity index (χ2n) is 8.65. The molecule has 1 aliphatic rings.